The van der Waals surface area contributed by atoms with Crippen LogP contribution < -0.4 is 10.6 Å². The van der Waals surface area contributed by atoms with Crippen molar-refractivity contribution >= 4 is 34.7 Å². The number of benzene rings is 2. The molecular weight excluding hydrogens is 381 g/mol. The van der Waals surface area contributed by atoms with E-state index in [-0.39, 0.29) is 17.2 Å². The molecule has 1 amide bonds. The van der Waals surface area contributed by atoms with Gasteiger partial charge in [0.15, 0.2) is 0 Å². The number of nitrogens with zero attached hydrogens (tertiary/aromatic N) is 2. The van der Waals surface area contributed by atoms with Gasteiger partial charge in [0.1, 0.15) is 17.8 Å². The molecule has 0 fully saturated rings. The van der Waals surface area contributed by atoms with Crippen LogP contribution in [0, 0.1) is 0 Å². The molecule has 0 aliphatic rings. The predicted octanol–water partition coefficient (Wildman–Crippen LogP) is 5.14. The summed E-state index contributed by atoms with van der Waals surface area (Å²) in [4.78, 5) is 20.1. The molecule has 0 aliphatic heterocycles. The molecule has 5 nitrogen and oxygen atoms in total. The highest BCUT2D eigenvalue weighted by Gasteiger charge is 2.30. The quantitative estimate of drug-likeness (QED) is 0.644. The van der Waals surface area contributed by atoms with Crippen LogP contribution in [-0.2, 0) is 6.18 Å². The summed E-state index contributed by atoms with van der Waals surface area (Å²) in [6.45, 7) is 0. The van der Waals surface area contributed by atoms with Crippen LogP contribution >= 0.6 is 11.6 Å². The van der Waals surface area contributed by atoms with Crippen molar-refractivity contribution in [1.29, 1.82) is 0 Å². The first-order valence-electron chi connectivity index (χ1n) is 7.65. The SMILES string of the molecule is O=C(Nc1ccccc1Cl)c1cc(Nc2cccc(C(F)(F)F)c2)ncn1. The van der Waals surface area contributed by atoms with E-state index in [1.807, 2.05) is 0 Å². The minimum absolute atomic E-state index is 0.0272. The number of amides is 1. The number of carbonyl (C=O) groups excluding carboxylic acids is 1. The zero-order valence-corrected chi connectivity index (χ0v) is 14.3. The number of nitrogens with one attached hydrogen (secondary N) is 2. The first kappa shape index (κ1) is 18.7. The van der Waals surface area contributed by atoms with Crippen molar-refractivity contribution in [1.82, 2.24) is 9.97 Å². The molecule has 27 heavy (non-hydrogen) atoms. The molecule has 0 spiro atoms. The van der Waals surface area contributed by atoms with Gasteiger partial charge < -0.3 is 10.6 Å². The van der Waals surface area contributed by atoms with Crippen molar-refractivity contribution in [3.8, 4) is 0 Å². The second kappa shape index (κ2) is 7.63. The fourth-order valence-corrected chi connectivity index (χ4v) is 2.40. The third kappa shape index (κ3) is 4.73. The largest absolute Gasteiger partial charge is 0.416 e. The summed E-state index contributed by atoms with van der Waals surface area (Å²) < 4.78 is 38.4. The van der Waals surface area contributed by atoms with Gasteiger partial charge in [-0.05, 0) is 30.3 Å². The van der Waals surface area contributed by atoms with Crippen molar-refractivity contribution in [2.24, 2.45) is 0 Å². The number of hydrogen-bond donors (Lipinski definition) is 2. The van der Waals surface area contributed by atoms with Crippen LogP contribution in [-0.4, -0.2) is 15.9 Å². The Balaban J connectivity index is 1.78. The molecule has 0 saturated heterocycles. The molecule has 0 radical (unpaired) electrons. The third-order valence-electron chi connectivity index (χ3n) is 3.48. The smallest absolute Gasteiger partial charge is 0.340 e. The molecule has 2 aromatic carbocycles. The van der Waals surface area contributed by atoms with E-state index in [2.05, 4.69) is 20.6 Å². The second-order valence-corrected chi connectivity index (χ2v) is 5.83. The Labute approximate surface area is 157 Å². The van der Waals surface area contributed by atoms with E-state index >= 15 is 0 Å². The lowest BCUT2D eigenvalue weighted by Crippen LogP contribution is -2.14. The van der Waals surface area contributed by atoms with E-state index < -0.39 is 17.6 Å². The van der Waals surface area contributed by atoms with Gasteiger partial charge in [-0.1, -0.05) is 29.8 Å². The van der Waals surface area contributed by atoms with Gasteiger partial charge in [-0.25, -0.2) is 9.97 Å². The van der Waals surface area contributed by atoms with E-state index in [4.69, 9.17) is 11.6 Å². The lowest BCUT2D eigenvalue weighted by Gasteiger charge is -2.11. The topological polar surface area (TPSA) is 66.9 Å². The zero-order chi connectivity index (χ0) is 19.4. The minimum Gasteiger partial charge on any atom is -0.340 e. The molecule has 0 atom stereocenters. The van der Waals surface area contributed by atoms with Gasteiger partial charge in [0, 0.05) is 11.8 Å². The number of halogens is 4. The molecule has 0 aliphatic carbocycles. The van der Waals surface area contributed by atoms with E-state index in [0.29, 0.717) is 10.7 Å². The van der Waals surface area contributed by atoms with Crippen LogP contribution in [0.1, 0.15) is 16.1 Å². The summed E-state index contributed by atoms with van der Waals surface area (Å²) in [6, 6.07) is 12.7. The van der Waals surface area contributed by atoms with Crippen LogP contribution in [0.15, 0.2) is 60.9 Å². The summed E-state index contributed by atoms with van der Waals surface area (Å²) in [7, 11) is 0. The Morgan fingerprint density at radius 1 is 1.00 bits per heavy atom. The Morgan fingerprint density at radius 3 is 2.52 bits per heavy atom. The van der Waals surface area contributed by atoms with Crippen LogP contribution in [0.3, 0.4) is 0 Å². The Kier molecular flexibility index (Phi) is 5.27. The zero-order valence-electron chi connectivity index (χ0n) is 13.6. The maximum atomic E-state index is 12.8. The summed E-state index contributed by atoms with van der Waals surface area (Å²) in [5.74, 6) is -0.355. The summed E-state index contributed by atoms with van der Waals surface area (Å²) in [6.07, 6.45) is -3.32. The van der Waals surface area contributed by atoms with Gasteiger partial charge in [0.2, 0.25) is 0 Å². The van der Waals surface area contributed by atoms with Crippen molar-refractivity contribution < 1.29 is 18.0 Å². The predicted molar refractivity (Wildman–Crippen MR) is 96.2 cm³/mol. The van der Waals surface area contributed by atoms with Gasteiger partial charge >= 0.3 is 6.18 Å². The van der Waals surface area contributed by atoms with Crippen molar-refractivity contribution in [2.75, 3.05) is 10.6 Å². The molecule has 1 aromatic heterocycles. The summed E-state index contributed by atoms with van der Waals surface area (Å²) >= 11 is 5.99. The molecular formula is C18H12ClF3N4O. The number of hydrogen-bond acceptors (Lipinski definition) is 4. The highest BCUT2D eigenvalue weighted by atomic mass is 35.5. The fraction of sp³-hybridized carbons (Fsp3) is 0.0556. The number of carbonyl (C=O) groups is 1. The molecule has 3 aromatic rings. The monoisotopic (exact) mass is 392 g/mol. The minimum atomic E-state index is -4.45. The van der Waals surface area contributed by atoms with Gasteiger partial charge in [0.25, 0.3) is 5.91 Å². The standard InChI is InChI=1S/C18H12ClF3N4O/c19-13-6-1-2-7-14(13)26-17(27)15-9-16(24-10-23-15)25-12-5-3-4-11(8-12)18(20,21)22/h1-10H,(H,26,27)(H,23,24,25). The number of anilines is 3. The van der Waals surface area contributed by atoms with E-state index in [1.165, 1.54) is 18.2 Å². The van der Waals surface area contributed by atoms with E-state index in [1.54, 1.807) is 24.3 Å². The lowest BCUT2D eigenvalue weighted by atomic mass is 10.2. The Hall–Kier alpha value is -3.13. The van der Waals surface area contributed by atoms with Crippen molar-refractivity contribution in [2.45, 2.75) is 6.18 Å². The first-order valence-corrected chi connectivity index (χ1v) is 8.03. The van der Waals surface area contributed by atoms with Crippen LogP contribution in [0.5, 0.6) is 0 Å². The molecule has 0 bridgehead atoms. The summed E-state index contributed by atoms with van der Waals surface area (Å²) in [5, 5.41) is 5.70. The Bertz CT molecular complexity index is 979. The van der Waals surface area contributed by atoms with E-state index in [9.17, 15) is 18.0 Å². The average Bonchev–Trinajstić information content (AvgIpc) is 2.63. The number of aromatic nitrogens is 2. The van der Waals surface area contributed by atoms with Crippen molar-refractivity contribution in [3.63, 3.8) is 0 Å². The molecule has 0 saturated carbocycles. The van der Waals surface area contributed by atoms with Crippen LogP contribution in [0.2, 0.25) is 5.02 Å². The molecule has 1 heterocycles. The normalized spacial score (nSPS) is 11.1. The molecule has 9 heteroatoms. The molecule has 0 unspecified atom stereocenters. The van der Waals surface area contributed by atoms with E-state index in [0.717, 1.165) is 18.5 Å². The highest BCUT2D eigenvalue weighted by molar-refractivity contribution is 6.33. The van der Waals surface area contributed by atoms with Gasteiger partial charge in [0.05, 0.1) is 16.3 Å². The maximum absolute atomic E-state index is 12.8. The number of rotatable bonds is 4. The maximum Gasteiger partial charge on any atom is 0.416 e. The third-order valence-corrected chi connectivity index (χ3v) is 3.81. The lowest BCUT2D eigenvalue weighted by molar-refractivity contribution is -0.137. The fourth-order valence-electron chi connectivity index (χ4n) is 2.22. The number of alkyl halides is 3. The highest BCUT2D eigenvalue weighted by Crippen LogP contribution is 2.31. The first-order chi connectivity index (χ1) is 12.8. The molecule has 3 rings (SSSR count). The van der Waals surface area contributed by atoms with Crippen molar-refractivity contribution in [3.05, 3.63) is 77.2 Å². The second-order valence-electron chi connectivity index (χ2n) is 5.43. The Morgan fingerprint density at radius 2 is 1.78 bits per heavy atom. The van der Waals surface area contributed by atoms with Gasteiger partial charge in [-0.3, -0.25) is 4.79 Å². The molecule has 2 N–H and O–H groups in total. The summed E-state index contributed by atoms with van der Waals surface area (Å²) in [5.41, 5.74) is -0.172. The van der Waals surface area contributed by atoms with Crippen LogP contribution in [0.25, 0.3) is 0 Å². The number of para-hydroxylation sites is 1. The van der Waals surface area contributed by atoms with Crippen LogP contribution in [0.4, 0.5) is 30.4 Å². The molecule has 138 valence electrons. The van der Waals surface area contributed by atoms with Gasteiger partial charge in [-0.2, -0.15) is 13.2 Å². The van der Waals surface area contributed by atoms with Gasteiger partial charge in [-0.15, -0.1) is 0 Å². The average molecular weight is 393 g/mol.